The van der Waals surface area contributed by atoms with Crippen LogP contribution in [0.1, 0.15) is 23.7 Å². The lowest BCUT2D eigenvalue weighted by molar-refractivity contribution is -0.121. The fourth-order valence-corrected chi connectivity index (χ4v) is 3.63. The van der Waals surface area contributed by atoms with Crippen molar-refractivity contribution < 1.29 is 9.90 Å². The molecule has 134 valence electrons. The molecule has 3 rings (SSSR count). The monoisotopic (exact) mass is 385 g/mol. The molecule has 0 aliphatic rings. The first kappa shape index (κ1) is 18.6. The second-order valence-electron chi connectivity index (χ2n) is 6.05. The average Bonchev–Trinajstić information content (AvgIpc) is 3.19. The predicted molar refractivity (Wildman–Crippen MR) is 107 cm³/mol. The number of hydrogen-bond donors (Lipinski definition) is 2. The van der Waals surface area contributed by atoms with Crippen LogP contribution in [0.5, 0.6) is 0 Å². The Morgan fingerprint density at radius 2 is 1.92 bits per heavy atom. The van der Waals surface area contributed by atoms with Crippen molar-refractivity contribution in [3.05, 3.63) is 82.2 Å². The first-order valence-electron chi connectivity index (χ1n) is 8.45. The van der Waals surface area contributed by atoms with Crippen LogP contribution in [0.2, 0.25) is 5.02 Å². The van der Waals surface area contributed by atoms with Crippen molar-refractivity contribution in [1.82, 2.24) is 5.32 Å². The molecule has 1 aromatic heterocycles. The Morgan fingerprint density at radius 3 is 2.62 bits per heavy atom. The molecule has 5 heteroatoms. The summed E-state index contributed by atoms with van der Waals surface area (Å²) in [6, 6.07) is 19.4. The highest BCUT2D eigenvalue weighted by Crippen LogP contribution is 2.26. The fourth-order valence-electron chi connectivity index (χ4n) is 2.68. The number of aliphatic hydroxyl groups excluding tert-OH is 1. The molecule has 1 amide bonds. The van der Waals surface area contributed by atoms with E-state index in [2.05, 4.69) is 11.4 Å². The van der Waals surface area contributed by atoms with Crippen LogP contribution >= 0.6 is 22.9 Å². The van der Waals surface area contributed by atoms with Gasteiger partial charge in [-0.15, -0.1) is 11.3 Å². The highest BCUT2D eigenvalue weighted by atomic mass is 35.5. The maximum absolute atomic E-state index is 12.0. The van der Waals surface area contributed by atoms with Crippen molar-refractivity contribution in [2.75, 3.05) is 6.54 Å². The van der Waals surface area contributed by atoms with E-state index in [0.29, 0.717) is 17.9 Å². The van der Waals surface area contributed by atoms with E-state index in [4.69, 9.17) is 11.6 Å². The predicted octanol–water partition coefficient (Wildman–Crippen LogP) is 4.85. The molecule has 0 bridgehead atoms. The molecule has 0 saturated carbocycles. The molecule has 0 fully saturated rings. The highest BCUT2D eigenvalue weighted by molar-refractivity contribution is 7.13. The minimum absolute atomic E-state index is 0.0840. The van der Waals surface area contributed by atoms with Gasteiger partial charge in [-0.3, -0.25) is 4.79 Å². The summed E-state index contributed by atoms with van der Waals surface area (Å²) in [6.45, 7) is 0.201. The van der Waals surface area contributed by atoms with Crippen LogP contribution in [0.15, 0.2) is 66.0 Å². The maximum atomic E-state index is 12.0. The van der Waals surface area contributed by atoms with Gasteiger partial charge in [-0.25, -0.2) is 0 Å². The van der Waals surface area contributed by atoms with E-state index < -0.39 is 6.10 Å². The minimum atomic E-state index is -0.720. The lowest BCUT2D eigenvalue weighted by Crippen LogP contribution is -2.28. The molecule has 1 heterocycles. The number of nitrogens with one attached hydrogen (secondary N) is 1. The van der Waals surface area contributed by atoms with Gasteiger partial charge in [-0.05, 0) is 46.7 Å². The molecule has 0 radical (unpaired) electrons. The molecule has 3 nitrogen and oxygen atoms in total. The van der Waals surface area contributed by atoms with Gasteiger partial charge in [0, 0.05) is 22.9 Å². The SMILES string of the molecule is O=C(CCc1cccc(Cl)c1)NCC(O)c1ccc(-c2cccs2)cc1. The zero-order valence-corrected chi connectivity index (χ0v) is 15.8. The third-order valence-corrected chi connectivity index (χ3v) is 5.28. The van der Waals surface area contributed by atoms with Crippen LogP contribution < -0.4 is 5.32 Å². The van der Waals surface area contributed by atoms with Crippen LogP contribution in [-0.4, -0.2) is 17.6 Å². The van der Waals surface area contributed by atoms with Crippen LogP contribution in [0.4, 0.5) is 0 Å². The Morgan fingerprint density at radius 1 is 1.12 bits per heavy atom. The second kappa shape index (κ2) is 8.99. The maximum Gasteiger partial charge on any atom is 0.220 e. The summed E-state index contributed by atoms with van der Waals surface area (Å²) >= 11 is 7.62. The van der Waals surface area contributed by atoms with Gasteiger partial charge in [0.15, 0.2) is 0 Å². The number of aliphatic hydroxyl groups is 1. The van der Waals surface area contributed by atoms with Gasteiger partial charge in [-0.2, -0.15) is 0 Å². The lowest BCUT2D eigenvalue weighted by Gasteiger charge is -2.13. The summed E-state index contributed by atoms with van der Waals surface area (Å²) in [4.78, 5) is 13.2. The van der Waals surface area contributed by atoms with E-state index in [1.807, 2.05) is 60.0 Å². The summed E-state index contributed by atoms with van der Waals surface area (Å²) < 4.78 is 0. The Hall–Kier alpha value is -2.14. The average molecular weight is 386 g/mol. The van der Waals surface area contributed by atoms with E-state index in [1.54, 1.807) is 11.3 Å². The Balaban J connectivity index is 1.47. The Labute approximate surface area is 162 Å². The number of halogens is 1. The summed E-state index contributed by atoms with van der Waals surface area (Å²) in [5.41, 5.74) is 2.94. The molecule has 0 aliphatic heterocycles. The zero-order valence-electron chi connectivity index (χ0n) is 14.2. The van der Waals surface area contributed by atoms with Crippen LogP contribution in [0.25, 0.3) is 10.4 Å². The van der Waals surface area contributed by atoms with Gasteiger partial charge in [0.1, 0.15) is 0 Å². The molecule has 0 aliphatic carbocycles. The molecule has 0 spiro atoms. The van der Waals surface area contributed by atoms with Crippen molar-refractivity contribution in [2.24, 2.45) is 0 Å². The Bertz CT molecular complexity index is 847. The lowest BCUT2D eigenvalue weighted by atomic mass is 10.1. The van der Waals surface area contributed by atoms with Gasteiger partial charge in [0.2, 0.25) is 5.91 Å². The number of hydrogen-bond acceptors (Lipinski definition) is 3. The first-order valence-corrected chi connectivity index (χ1v) is 9.70. The number of aryl methyl sites for hydroxylation is 1. The topological polar surface area (TPSA) is 49.3 Å². The van der Waals surface area contributed by atoms with Gasteiger partial charge in [-0.1, -0.05) is 54.1 Å². The Kier molecular flexibility index (Phi) is 6.45. The van der Waals surface area contributed by atoms with Gasteiger partial charge in [0.05, 0.1) is 6.10 Å². The number of carbonyl (C=O) groups excluding carboxylic acids is 1. The van der Waals surface area contributed by atoms with E-state index in [-0.39, 0.29) is 12.5 Å². The molecule has 2 N–H and O–H groups in total. The number of carbonyl (C=O) groups is 1. The second-order valence-corrected chi connectivity index (χ2v) is 7.43. The van der Waals surface area contributed by atoms with Crippen molar-refractivity contribution in [3.8, 4) is 10.4 Å². The third kappa shape index (κ3) is 5.18. The zero-order chi connectivity index (χ0) is 18.4. The normalized spacial score (nSPS) is 11.9. The molecular weight excluding hydrogens is 366 g/mol. The van der Waals surface area contributed by atoms with Gasteiger partial charge < -0.3 is 10.4 Å². The third-order valence-electron chi connectivity index (χ3n) is 4.12. The van der Waals surface area contributed by atoms with E-state index in [0.717, 1.165) is 16.7 Å². The molecular formula is C21H20ClNO2S. The molecule has 26 heavy (non-hydrogen) atoms. The van der Waals surface area contributed by atoms with E-state index >= 15 is 0 Å². The molecule has 0 saturated heterocycles. The van der Waals surface area contributed by atoms with E-state index in [1.165, 1.54) is 4.88 Å². The molecule has 1 unspecified atom stereocenters. The highest BCUT2D eigenvalue weighted by Gasteiger charge is 2.10. The number of benzene rings is 2. The van der Waals surface area contributed by atoms with E-state index in [9.17, 15) is 9.90 Å². The number of rotatable bonds is 7. The summed E-state index contributed by atoms with van der Waals surface area (Å²) in [5.74, 6) is -0.0840. The number of amides is 1. The largest absolute Gasteiger partial charge is 0.387 e. The van der Waals surface area contributed by atoms with Crippen molar-refractivity contribution in [3.63, 3.8) is 0 Å². The van der Waals surface area contributed by atoms with Gasteiger partial charge >= 0.3 is 0 Å². The van der Waals surface area contributed by atoms with Crippen LogP contribution in [0, 0.1) is 0 Å². The van der Waals surface area contributed by atoms with Crippen molar-refractivity contribution in [2.45, 2.75) is 18.9 Å². The van der Waals surface area contributed by atoms with Crippen LogP contribution in [0.3, 0.4) is 0 Å². The summed E-state index contributed by atoms with van der Waals surface area (Å²) in [6.07, 6.45) is 0.269. The van der Waals surface area contributed by atoms with Crippen molar-refractivity contribution >= 4 is 28.8 Å². The molecule has 2 aromatic carbocycles. The minimum Gasteiger partial charge on any atom is -0.387 e. The smallest absolute Gasteiger partial charge is 0.220 e. The van der Waals surface area contributed by atoms with Gasteiger partial charge in [0.25, 0.3) is 0 Å². The van der Waals surface area contributed by atoms with Crippen molar-refractivity contribution in [1.29, 1.82) is 0 Å². The summed E-state index contributed by atoms with van der Waals surface area (Å²) in [5, 5.41) is 15.8. The first-order chi connectivity index (χ1) is 12.6. The number of thiophene rings is 1. The molecule has 1 atom stereocenters. The fraction of sp³-hybridized carbons (Fsp3) is 0.190. The quantitative estimate of drug-likeness (QED) is 0.610. The summed E-state index contributed by atoms with van der Waals surface area (Å²) in [7, 11) is 0. The van der Waals surface area contributed by atoms with Crippen LogP contribution in [-0.2, 0) is 11.2 Å². The molecule has 3 aromatic rings. The standard InChI is InChI=1S/C21H20ClNO2S/c22-18-4-1-3-15(13-18)6-11-21(25)23-14-19(24)16-7-9-17(10-8-16)20-5-2-12-26-20/h1-5,7-10,12-13,19,24H,6,11,14H2,(H,23,25).